The lowest BCUT2D eigenvalue weighted by atomic mass is 10.1. The first-order valence-electron chi connectivity index (χ1n) is 7.45. The zero-order valence-electron chi connectivity index (χ0n) is 14.2. The molecule has 9 heteroatoms. The molecule has 0 bridgehead atoms. The highest BCUT2D eigenvalue weighted by atomic mass is 16.6. The van der Waals surface area contributed by atoms with E-state index in [0.29, 0.717) is 0 Å². The van der Waals surface area contributed by atoms with Crippen LogP contribution >= 0.6 is 0 Å². The van der Waals surface area contributed by atoms with Crippen LogP contribution in [-0.2, 0) is 30.4 Å². The lowest BCUT2D eigenvalue weighted by molar-refractivity contribution is -0.157. The van der Waals surface area contributed by atoms with E-state index < -0.39 is 36.3 Å². The normalized spacial score (nSPS) is 13.9. The summed E-state index contributed by atoms with van der Waals surface area (Å²) in [5.41, 5.74) is 0.765. The van der Waals surface area contributed by atoms with Crippen molar-refractivity contribution in [3.05, 3.63) is 35.9 Å². The van der Waals surface area contributed by atoms with Crippen LogP contribution in [0.2, 0.25) is 0 Å². The van der Waals surface area contributed by atoms with Crippen LogP contribution in [0.15, 0.2) is 30.3 Å². The van der Waals surface area contributed by atoms with Gasteiger partial charge in [-0.15, -0.1) is 0 Å². The van der Waals surface area contributed by atoms with E-state index in [-0.39, 0.29) is 6.61 Å². The summed E-state index contributed by atoms with van der Waals surface area (Å²) in [4.78, 5) is 35.4. The highest BCUT2D eigenvalue weighted by molar-refractivity contribution is 5.89. The number of aliphatic hydroxyl groups excluding tert-OH is 1. The summed E-state index contributed by atoms with van der Waals surface area (Å²) in [6.07, 6.45) is -3.49. The summed E-state index contributed by atoms with van der Waals surface area (Å²) in [5, 5.41) is 14.2. The van der Waals surface area contributed by atoms with Crippen molar-refractivity contribution in [2.45, 2.75) is 31.9 Å². The molecule has 3 atom stereocenters. The standard InChI is InChI=1S/C16H22N2O7/c1-10(19)12(13(20)18-14(23-2)15(21)24-3)17-16(22)25-9-11-7-5-4-6-8-11/h4-8,10,12,14,19H,9H2,1-3H3,(H,17,22)(H,18,20)/t10-,12-,14-/m1/s1. The molecule has 1 rings (SSSR count). The predicted molar refractivity (Wildman–Crippen MR) is 86.2 cm³/mol. The number of ether oxygens (including phenoxy) is 3. The number of carbonyl (C=O) groups is 3. The van der Waals surface area contributed by atoms with Crippen molar-refractivity contribution in [3.63, 3.8) is 0 Å². The van der Waals surface area contributed by atoms with Gasteiger partial charge in [-0.05, 0) is 12.5 Å². The van der Waals surface area contributed by atoms with E-state index in [4.69, 9.17) is 9.47 Å². The number of alkyl carbamates (subject to hydrolysis) is 1. The first-order chi connectivity index (χ1) is 11.9. The number of hydrogen-bond donors (Lipinski definition) is 3. The number of hydrogen-bond acceptors (Lipinski definition) is 7. The zero-order chi connectivity index (χ0) is 18.8. The van der Waals surface area contributed by atoms with Gasteiger partial charge in [-0.2, -0.15) is 0 Å². The van der Waals surface area contributed by atoms with Gasteiger partial charge in [0.1, 0.15) is 12.6 Å². The summed E-state index contributed by atoms with van der Waals surface area (Å²) in [6, 6.07) is 7.61. The molecular formula is C16H22N2O7. The van der Waals surface area contributed by atoms with Crippen LogP contribution in [0.25, 0.3) is 0 Å². The second-order valence-corrected chi connectivity index (χ2v) is 5.07. The largest absolute Gasteiger partial charge is 0.466 e. The van der Waals surface area contributed by atoms with Gasteiger partial charge in [0.2, 0.25) is 12.1 Å². The van der Waals surface area contributed by atoms with Crippen LogP contribution in [-0.4, -0.2) is 55.7 Å². The fourth-order valence-electron chi connectivity index (χ4n) is 1.84. The Kier molecular flexibility index (Phi) is 8.37. The molecule has 0 saturated heterocycles. The van der Waals surface area contributed by atoms with Gasteiger partial charge in [0.25, 0.3) is 0 Å². The van der Waals surface area contributed by atoms with Crippen molar-refractivity contribution in [1.82, 2.24) is 10.6 Å². The molecule has 0 aliphatic heterocycles. The number of methoxy groups -OCH3 is 2. The monoisotopic (exact) mass is 354 g/mol. The molecule has 0 unspecified atom stereocenters. The number of benzene rings is 1. The second-order valence-electron chi connectivity index (χ2n) is 5.07. The molecule has 1 aromatic carbocycles. The average molecular weight is 354 g/mol. The molecule has 9 nitrogen and oxygen atoms in total. The number of carbonyl (C=O) groups excluding carboxylic acids is 3. The Morgan fingerprint density at radius 1 is 1.12 bits per heavy atom. The molecule has 0 aliphatic rings. The molecule has 0 aliphatic carbocycles. The topological polar surface area (TPSA) is 123 Å². The van der Waals surface area contributed by atoms with Crippen molar-refractivity contribution in [3.8, 4) is 0 Å². The smallest absolute Gasteiger partial charge is 0.408 e. The fourth-order valence-corrected chi connectivity index (χ4v) is 1.84. The Bertz CT molecular complexity index is 577. The first kappa shape index (κ1) is 20.4. The molecule has 138 valence electrons. The zero-order valence-corrected chi connectivity index (χ0v) is 14.2. The van der Waals surface area contributed by atoms with Gasteiger partial charge in [-0.3, -0.25) is 4.79 Å². The van der Waals surface area contributed by atoms with Gasteiger partial charge < -0.3 is 30.0 Å². The maximum Gasteiger partial charge on any atom is 0.408 e. The summed E-state index contributed by atoms with van der Waals surface area (Å²) in [5.74, 6) is -1.66. The molecule has 3 N–H and O–H groups in total. The van der Waals surface area contributed by atoms with E-state index >= 15 is 0 Å². The Morgan fingerprint density at radius 3 is 2.28 bits per heavy atom. The number of esters is 1. The number of nitrogens with one attached hydrogen (secondary N) is 2. The van der Waals surface area contributed by atoms with Crippen molar-refractivity contribution >= 4 is 18.0 Å². The minimum Gasteiger partial charge on any atom is -0.466 e. The van der Waals surface area contributed by atoms with Crippen molar-refractivity contribution in [2.75, 3.05) is 14.2 Å². The maximum absolute atomic E-state index is 12.2. The molecule has 0 heterocycles. The SMILES string of the molecule is COC(=O)[C@H](NC(=O)[C@H](NC(=O)OCc1ccccc1)[C@@H](C)O)OC. The molecule has 0 radical (unpaired) electrons. The predicted octanol–water partition coefficient (Wildman–Crippen LogP) is -0.0761. The van der Waals surface area contributed by atoms with Crippen LogP contribution in [0.4, 0.5) is 4.79 Å². The molecular weight excluding hydrogens is 332 g/mol. The van der Waals surface area contributed by atoms with E-state index in [2.05, 4.69) is 15.4 Å². The van der Waals surface area contributed by atoms with Crippen LogP contribution in [0.1, 0.15) is 12.5 Å². The highest BCUT2D eigenvalue weighted by Gasteiger charge is 2.30. The van der Waals surface area contributed by atoms with Crippen molar-refractivity contribution < 1.29 is 33.7 Å². The quantitative estimate of drug-likeness (QED) is 0.441. The van der Waals surface area contributed by atoms with Gasteiger partial charge in [0, 0.05) is 7.11 Å². The Balaban J connectivity index is 2.61. The maximum atomic E-state index is 12.2. The van der Waals surface area contributed by atoms with E-state index in [1.54, 1.807) is 24.3 Å². The molecule has 0 fully saturated rings. The lowest BCUT2D eigenvalue weighted by Crippen LogP contribution is -2.56. The third-order valence-electron chi connectivity index (χ3n) is 3.18. The number of amides is 2. The van der Waals surface area contributed by atoms with Gasteiger partial charge in [-0.1, -0.05) is 30.3 Å². The van der Waals surface area contributed by atoms with E-state index in [9.17, 15) is 19.5 Å². The van der Waals surface area contributed by atoms with Gasteiger partial charge in [-0.25, -0.2) is 9.59 Å². The summed E-state index contributed by atoms with van der Waals surface area (Å²) < 4.78 is 14.2. The second kappa shape index (κ2) is 10.3. The molecule has 0 aromatic heterocycles. The van der Waals surface area contributed by atoms with E-state index in [1.165, 1.54) is 14.0 Å². The third-order valence-corrected chi connectivity index (χ3v) is 3.18. The molecule has 0 spiro atoms. The molecule has 0 saturated carbocycles. The fraction of sp³-hybridized carbons (Fsp3) is 0.438. The Labute approximate surface area is 145 Å². The molecule has 25 heavy (non-hydrogen) atoms. The van der Waals surface area contributed by atoms with Crippen LogP contribution in [0.5, 0.6) is 0 Å². The summed E-state index contributed by atoms with van der Waals surface area (Å²) in [7, 11) is 2.33. The van der Waals surface area contributed by atoms with Crippen molar-refractivity contribution in [1.29, 1.82) is 0 Å². The van der Waals surface area contributed by atoms with Crippen LogP contribution in [0.3, 0.4) is 0 Å². The lowest BCUT2D eigenvalue weighted by Gasteiger charge is -2.23. The van der Waals surface area contributed by atoms with E-state index in [1.807, 2.05) is 6.07 Å². The van der Waals surface area contributed by atoms with Crippen LogP contribution < -0.4 is 10.6 Å². The molecule has 2 amide bonds. The number of aliphatic hydroxyl groups is 1. The Morgan fingerprint density at radius 2 is 1.76 bits per heavy atom. The summed E-state index contributed by atoms with van der Waals surface area (Å²) in [6.45, 7) is 1.31. The van der Waals surface area contributed by atoms with Gasteiger partial charge in [0.15, 0.2) is 0 Å². The van der Waals surface area contributed by atoms with Crippen molar-refractivity contribution in [2.24, 2.45) is 0 Å². The molecule has 1 aromatic rings. The first-order valence-corrected chi connectivity index (χ1v) is 7.45. The van der Waals surface area contributed by atoms with E-state index in [0.717, 1.165) is 12.7 Å². The van der Waals surface area contributed by atoms with Crippen LogP contribution in [0, 0.1) is 0 Å². The minimum absolute atomic E-state index is 0.00365. The van der Waals surface area contributed by atoms with Gasteiger partial charge >= 0.3 is 12.1 Å². The van der Waals surface area contributed by atoms with Gasteiger partial charge in [0.05, 0.1) is 13.2 Å². The highest BCUT2D eigenvalue weighted by Crippen LogP contribution is 2.02. The summed E-state index contributed by atoms with van der Waals surface area (Å²) >= 11 is 0. The minimum atomic E-state index is -1.36. The Hall–Kier alpha value is -2.65. The number of rotatable bonds is 8. The average Bonchev–Trinajstić information content (AvgIpc) is 2.62. The third kappa shape index (κ3) is 6.77.